The molecule has 2 heterocycles. The molecule has 0 aromatic carbocycles. The summed E-state index contributed by atoms with van der Waals surface area (Å²) in [6, 6.07) is 1.19. The van der Waals surface area contributed by atoms with E-state index < -0.39 is 0 Å². The second-order valence-corrected chi connectivity index (χ2v) is 8.07. The zero-order valence-corrected chi connectivity index (χ0v) is 15.7. The molecule has 1 N–H and O–H groups in total. The highest BCUT2D eigenvalue weighted by Gasteiger charge is 2.31. The van der Waals surface area contributed by atoms with E-state index >= 15 is 0 Å². The number of carbonyl (C=O) groups is 1. The van der Waals surface area contributed by atoms with Gasteiger partial charge in [0.1, 0.15) is 0 Å². The molecule has 4 heteroatoms. The number of carbonyl (C=O) groups excluding carboxylic acids is 1. The van der Waals surface area contributed by atoms with Crippen LogP contribution in [0.25, 0.3) is 0 Å². The van der Waals surface area contributed by atoms with E-state index in [2.05, 4.69) is 42.8 Å². The Morgan fingerprint density at radius 3 is 2.13 bits per heavy atom. The van der Waals surface area contributed by atoms with Crippen LogP contribution in [0.15, 0.2) is 0 Å². The topological polar surface area (TPSA) is 35.6 Å². The summed E-state index contributed by atoms with van der Waals surface area (Å²) in [6.07, 6.45) is 5.74. The smallest absolute Gasteiger partial charge is 0.225 e. The van der Waals surface area contributed by atoms with E-state index in [0.29, 0.717) is 18.0 Å². The highest BCUT2D eigenvalue weighted by Crippen LogP contribution is 2.25. The van der Waals surface area contributed by atoms with Crippen LogP contribution in [0.3, 0.4) is 0 Å². The van der Waals surface area contributed by atoms with Crippen LogP contribution < -0.4 is 5.32 Å². The minimum Gasteiger partial charge on any atom is -0.342 e. The Bertz CT molecular complexity index is 354. The van der Waals surface area contributed by atoms with Crippen molar-refractivity contribution in [2.75, 3.05) is 32.7 Å². The largest absolute Gasteiger partial charge is 0.342 e. The monoisotopic (exact) mass is 323 g/mol. The van der Waals surface area contributed by atoms with Gasteiger partial charge in [0, 0.05) is 31.1 Å². The van der Waals surface area contributed by atoms with Crippen molar-refractivity contribution < 1.29 is 4.79 Å². The molecule has 0 unspecified atom stereocenters. The maximum Gasteiger partial charge on any atom is 0.225 e. The lowest BCUT2D eigenvalue weighted by atomic mass is 9.90. The zero-order chi connectivity index (χ0) is 16.8. The molecule has 0 aromatic heterocycles. The van der Waals surface area contributed by atoms with Gasteiger partial charge in [0.25, 0.3) is 0 Å². The van der Waals surface area contributed by atoms with Crippen molar-refractivity contribution in [3.05, 3.63) is 0 Å². The molecular formula is C19H37N3O. The van der Waals surface area contributed by atoms with Gasteiger partial charge in [-0.05, 0) is 71.5 Å². The number of hydrogen-bond acceptors (Lipinski definition) is 3. The maximum absolute atomic E-state index is 12.7. The third-order valence-electron chi connectivity index (χ3n) is 5.64. The van der Waals surface area contributed by atoms with Crippen LogP contribution in [0.1, 0.15) is 59.8 Å². The Kier molecular flexibility index (Phi) is 7.35. The molecule has 1 amide bonds. The quantitative estimate of drug-likeness (QED) is 0.816. The van der Waals surface area contributed by atoms with Gasteiger partial charge in [0.2, 0.25) is 5.91 Å². The summed E-state index contributed by atoms with van der Waals surface area (Å²) in [4.78, 5) is 17.4. The third-order valence-corrected chi connectivity index (χ3v) is 5.64. The van der Waals surface area contributed by atoms with E-state index in [0.717, 1.165) is 51.5 Å². The van der Waals surface area contributed by atoms with Gasteiger partial charge in [-0.1, -0.05) is 13.8 Å². The van der Waals surface area contributed by atoms with Gasteiger partial charge in [0.05, 0.1) is 0 Å². The van der Waals surface area contributed by atoms with E-state index in [4.69, 9.17) is 0 Å². The second kappa shape index (κ2) is 9.03. The predicted octanol–water partition coefficient (Wildman–Crippen LogP) is 2.73. The summed E-state index contributed by atoms with van der Waals surface area (Å²) in [6.45, 7) is 14.2. The molecule has 2 aliphatic rings. The number of hydrogen-bond donors (Lipinski definition) is 1. The van der Waals surface area contributed by atoms with E-state index in [1.807, 2.05) is 0 Å². The summed E-state index contributed by atoms with van der Waals surface area (Å²) in [5.41, 5.74) is 0. The number of rotatable bonds is 6. The van der Waals surface area contributed by atoms with E-state index in [9.17, 15) is 4.79 Å². The number of piperidine rings is 2. The SMILES string of the molecule is CC(C)NCCC1CCN(C(=O)C2CCN(C(C)C)CC2)CC1. The lowest BCUT2D eigenvalue weighted by Gasteiger charge is -2.38. The van der Waals surface area contributed by atoms with Crippen molar-refractivity contribution in [1.82, 2.24) is 15.1 Å². The van der Waals surface area contributed by atoms with Crippen LogP contribution in [-0.2, 0) is 4.79 Å². The van der Waals surface area contributed by atoms with Crippen LogP contribution in [0.2, 0.25) is 0 Å². The number of amides is 1. The van der Waals surface area contributed by atoms with Crippen molar-refractivity contribution in [1.29, 1.82) is 0 Å². The molecule has 2 aliphatic heterocycles. The molecule has 0 atom stereocenters. The molecule has 2 rings (SSSR count). The number of nitrogens with zero attached hydrogens (tertiary/aromatic N) is 2. The highest BCUT2D eigenvalue weighted by molar-refractivity contribution is 5.79. The first-order valence-electron chi connectivity index (χ1n) is 9.73. The van der Waals surface area contributed by atoms with E-state index in [1.165, 1.54) is 19.3 Å². The number of nitrogens with one attached hydrogen (secondary N) is 1. The van der Waals surface area contributed by atoms with Gasteiger partial charge >= 0.3 is 0 Å². The first-order valence-corrected chi connectivity index (χ1v) is 9.73. The van der Waals surface area contributed by atoms with Crippen LogP contribution in [0, 0.1) is 11.8 Å². The van der Waals surface area contributed by atoms with Gasteiger partial charge < -0.3 is 15.1 Å². The fraction of sp³-hybridized carbons (Fsp3) is 0.947. The minimum atomic E-state index is 0.282. The van der Waals surface area contributed by atoms with Crippen LogP contribution >= 0.6 is 0 Å². The maximum atomic E-state index is 12.7. The fourth-order valence-corrected chi connectivity index (χ4v) is 3.94. The van der Waals surface area contributed by atoms with E-state index in [1.54, 1.807) is 0 Å². The van der Waals surface area contributed by atoms with Gasteiger partial charge in [-0.15, -0.1) is 0 Å². The Morgan fingerprint density at radius 2 is 1.61 bits per heavy atom. The number of likely N-dealkylation sites (tertiary alicyclic amines) is 2. The van der Waals surface area contributed by atoms with Crippen molar-refractivity contribution in [3.63, 3.8) is 0 Å². The van der Waals surface area contributed by atoms with Crippen molar-refractivity contribution >= 4 is 5.91 Å². The van der Waals surface area contributed by atoms with Gasteiger partial charge in [0.15, 0.2) is 0 Å². The highest BCUT2D eigenvalue weighted by atomic mass is 16.2. The summed E-state index contributed by atoms with van der Waals surface area (Å²) < 4.78 is 0. The summed E-state index contributed by atoms with van der Waals surface area (Å²) in [5, 5.41) is 3.51. The molecule has 0 aromatic rings. The molecule has 0 bridgehead atoms. The average Bonchev–Trinajstić information content (AvgIpc) is 2.54. The normalized spacial score (nSPS) is 22.3. The van der Waals surface area contributed by atoms with Gasteiger partial charge in [-0.3, -0.25) is 4.79 Å². The van der Waals surface area contributed by atoms with Crippen molar-refractivity contribution in [3.8, 4) is 0 Å². The Labute approximate surface area is 143 Å². The molecule has 0 saturated carbocycles. The summed E-state index contributed by atoms with van der Waals surface area (Å²) in [7, 11) is 0. The first kappa shape index (κ1) is 18.7. The molecule has 2 saturated heterocycles. The molecule has 4 nitrogen and oxygen atoms in total. The Morgan fingerprint density at radius 1 is 1.00 bits per heavy atom. The summed E-state index contributed by atoms with van der Waals surface area (Å²) >= 11 is 0. The molecular weight excluding hydrogens is 286 g/mol. The average molecular weight is 324 g/mol. The lowest BCUT2D eigenvalue weighted by molar-refractivity contribution is -0.138. The Balaban J connectivity index is 1.68. The predicted molar refractivity (Wildman–Crippen MR) is 96.5 cm³/mol. The molecule has 0 spiro atoms. The zero-order valence-electron chi connectivity index (χ0n) is 15.7. The van der Waals surface area contributed by atoms with Gasteiger partial charge in [-0.25, -0.2) is 0 Å². The molecule has 0 radical (unpaired) electrons. The standard InChI is InChI=1S/C19H37N3O/c1-15(2)20-10-5-17-6-11-22(12-7-17)19(23)18-8-13-21(14-9-18)16(3)4/h15-18,20H,5-14H2,1-4H3. The minimum absolute atomic E-state index is 0.282. The third kappa shape index (κ3) is 5.75. The summed E-state index contributed by atoms with van der Waals surface area (Å²) in [5.74, 6) is 1.52. The molecule has 23 heavy (non-hydrogen) atoms. The van der Waals surface area contributed by atoms with Crippen LogP contribution in [0.4, 0.5) is 0 Å². The van der Waals surface area contributed by atoms with Crippen molar-refractivity contribution in [2.24, 2.45) is 11.8 Å². The van der Waals surface area contributed by atoms with Crippen LogP contribution in [0.5, 0.6) is 0 Å². The molecule has 0 aliphatic carbocycles. The molecule has 2 fully saturated rings. The van der Waals surface area contributed by atoms with E-state index in [-0.39, 0.29) is 5.92 Å². The fourth-order valence-electron chi connectivity index (χ4n) is 3.94. The van der Waals surface area contributed by atoms with Crippen molar-refractivity contribution in [2.45, 2.75) is 71.9 Å². The second-order valence-electron chi connectivity index (χ2n) is 8.07. The lowest BCUT2D eigenvalue weighted by Crippen LogP contribution is -2.46. The molecule has 134 valence electrons. The van der Waals surface area contributed by atoms with Crippen LogP contribution in [-0.4, -0.2) is 60.5 Å². The van der Waals surface area contributed by atoms with Gasteiger partial charge in [-0.2, -0.15) is 0 Å². The first-order chi connectivity index (χ1) is 11.0. The Hall–Kier alpha value is -0.610.